The minimum absolute atomic E-state index is 0.0732. The van der Waals surface area contributed by atoms with Crippen LogP contribution in [-0.2, 0) is 0 Å². The molecule has 0 atom stereocenters. The highest BCUT2D eigenvalue weighted by Crippen LogP contribution is 2.24. The molecular weight excluding hydrogens is 244 g/mol. The van der Waals surface area contributed by atoms with E-state index in [1.807, 2.05) is 0 Å². The standard InChI is InChI=1S/C10H12N2O4S/c1-2-5-11(6-7-13)10(14)8-3-4-9(17-8)12(15)16/h2-4,13H,1,5-7H2. The zero-order valence-corrected chi connectivity index (χ0v) is 9.85. The van der Waals surface area contributed by atoms with Gasteiger partial charge in [-0.05, 0) is 6.07 Å². The van der Waals surface area contributed by atoms with Crippen LogP contribution in [0.3, 0.4) is 0 Å². The van der Waals surface area contributed by atoms with E-state index >= 15 is 0 Å². The third-order valence-corrected chi connectivity index (χ3v) is 3.01. The lowest BCUT2D eigenvalue weighted by Crippen LogP contribution is -2.33. The van der Waals surface area contributed by atoms with Gasteiger partial charge >= 0.3 is 5.00 Å². The highest BCUT2D eigenvalue weighted by molar-refractivity contribution is 7.17. The predicted molar refractivity (Wildman–Crippen MR) is 64.2 cm³/mol. The Balaban J connectivity index is 2.84. The van der Waals surface area contributed by atoms with E-state index in [0.29, 0.717) is 6.54 Å². The van der Waals surface area contributed by atoms with Gasteiger partial charge in [0.1, 0.15) is 0 Å². The molecule has 0 bridgehead atoms. The van der Waals surface area contributed by atoms with Crippen molar-refractivity contribution in [3.05, 3.63) is 39.8 Å². The summed E-state index contributed by atoms with van der Waals surface area (Å²) in [5.74, 6) is -0.336. The van der Waals surface area contributed by atoms with Gasteiger partial charge in [0.2, 0.25) is 0 Å². The van der Waals surface area contributed by atoms with Crippen LogP contribution in [0.4, 0.5) is 5.00 Å². The maximum absolute atomic E-state index is 11.9. The molecule has 1 amide bonds. The van der Waals surface area contributed by atoms with Gasteiger partial charge in [0.05, 0.1) is 16.4 Å². The lowest BCUT2D eigenvalue weighted by molar-refractivity contribution is -0.380. The van der Waals surface area contributed by atoms with Crippen molar-refractivity contribution in [1.82, 2.24) is 4.90 Å². The van der Waals surface area contributed by atoms with Crippen LogP contribution in [0.25, 0.3) is 0 Å². The summed E-state index contributed by atoms with van der Waals surface area (Å²) in [7, 11) is 0. The van der Waals surface area contributed by atoms with Crippen molar-refractivity contribution >= 4 is 22.2 Å². The van der Waals surface area contributed by atoms with Crippen molar-refractivity contribution in [2.24, 2.45) is 0 Å². The Morgan fingerprint density at radius 2 is 2.35 bits per heavy atom. The van der Waals surface area contributed by atoms with Gasteiger partial charge in [0.15, 0.2) is 0 Å². The molecular formula is C10H12N2O4S. The molecule has 0 aliphatic carbocycles. The lowest BCUT2D eigenvalue weighted by Gasteiger charge is -2.18. The number of nitrogens with zero attached hydrogens (tertiary/aromatic N) is 2. The van der Waals surface area contributed by atoms with Crippen molar-refractivity contribution in [2.45, 2.75) is 0 Å². The molecule has 1 aromatic heterocycles. The summed E-state index contributed by atoms with van der Waals surface area (Å²) in [4.78, 5) is 23.5. The first-order chi connectivity index (χ1) is 8.10. The fraction of sp³-hybridized carbons (Fsp3) is 0.300. The molecule has 1 N–H and O–H groups in total. The Bertz CT molecular complexity index is 430. The van der Waals surface area contributed by atoms with Gasteiger partial charge in [0, 0.05) is 19.2 Å². The Labute approximate surface area is 102 Å². The molecule has 92 valence electrons. The molecule has 0 fully saturated rings. The number of rotatable bonds is 6. The van der Waals surface area contributed by atoms with E-state index in [4.69, 9.17) is 5.11 Å². The van der Waals surface area contributed by atoms with Crippen LogP contribution >= 0.6 is 11.3 Å². The third-order valence-electron chi connectivity index (χ3n) is 1.99. The molecule has 0 spiro atoms. The minimum Gasteiger partial charge on any atom is -0.395 e. The van der Waals surface area contributed by atoms with Crippen molar-refractivity contribution < 1.29 is 14.8 Å². The first kappa shape index (κ1) is 13.3. The Kier molecular flexibility index (Phi) is 4.80. The van der Waals surface area contributed by atoms with Gasteiger partial charge < -0.3 is 10.0 Å². The molecule has 0 aliphatic heterocycles. The second kappa shape index (κ2) is 6.12. The van der Waals surface area contributed by atoms with Crippen LogP contribution in [0.1, 0.15) is 9.67 Å². The van der Waals surface area contributed by atoms with E-state index < -0.39 is 4.92 Å². The number of aliphatic hydroxyl groups is 1. The predicted octanol–water partition coefficient (Wildman–Crippen LogP) is 1.28. The second-order valence-electron chi connectivity index (χ2n) is 3.16. The highest BCUT2D eigenvalue weighted by Gasteiger charge is 2.19. The largest absolute Gasteiger partial charge is 0.395 e. The van der Waals surface area contributed by atoms with Crippen LogP contribution in [0, 0.1) is 10.1 Å². The third kappa shape index (κ3) is 3.36. The maximum Gasteiger partial charge on any atom is 0.324 e. The molecule has 6 nitrogen and oxygen atoms in total. The minimum atomic E-state index is -0.536. The first-order valence-electron chi connectivity index (χ1n) is 4.85. The van der Waals surface area contributed by atoms with Gasteiger partial charge in [-0.2, -0.15) is 0 Å². The lowest BCUT2D eigenvalue weighted by atomic mass is 10.3. The molecule has 0 radical (unpaired) electrons. The fourth-order valence-corrected chi connectivity index (χ4v) is 2.04. The molecule has 1 aromatic rings. The summed E-state index contributed by atoms with van der Waals surface area (Å²) in [5.41, 5.74) is 0. The molecule has 1 heterocycles. The number of nitro groups is 1. The molecule has 1 rings (SSSR count). The van der Waals surface area contributed by atoms with Crippen LogP contribution in [0.15, 0.2) is 24.8 Å². The SMILES string of the molecule is C=CCN(CCO)C(=O)c1ccc([N+](=O)[O-])s1. The number of carbonyl (C=O) groups excluding carboxylic acids is 1. The molecule has 0 saturated heterocycles. The summed E-state index contributed by atoms with van der Waals surface area (Å²) >= 11 is 0.823. The summed E-state index contributed by atoms with van der Waals surface area (Å²) in [5, 5.41) is 19.2. The Hall–Kier alpha value is -1.73. The maximum atomic E-state index is 11.9. The van der Waals surface area contributed by atoms with Crippen molar-refractivity contribution in [2.75, 3.05) is 19.7 Å². The molecule has 0 saturated carbocycles. The van der Waals surface area contributed by atoms with Crippen molar-refractivity contribution in [1.29, 1.82) is 0 Å². The first-order valence-corrected chi connectivity index (χ1v) is 5.67. The van der Waals surface area contributed by atoms with Crippen molar-refractivity contribution in [3.63, 3.8) is 0 Å². The quantitative estimate of drug-likeness (QED) is 0.472. The number of carbonyl (C=O) groups is 1. The average Bonchev–Trinajstić information content (AvgIpc) is 2.77. The summed E-state index contributed by atoms with van der Waals surface area (Å²) in [6.45, 7) is 3.83. The van der Waals surface area contributed by atoms with E-state index in [1.54, 1.807) is 0 Å². The van der Waals surface area contributed by atoms with Crippen LogP contribution in [-0.4, -0.2) is 40.5 Å². The van der Waals surface area contributed by atoms with Crippen LogP contribution < -0.4 is 0 Å². The van der Waals surface area contributed by atoms with E-state index in [-0.39, 0.29) is 28.9 Å². The second-order valence-corrected chi connectivity index (χ2v) is 4.22. The van der Waals surface area contributed by atoms with Gasteiger partial charge in [-0.1, -0.05) is 17.4 Å². The van der Waals surface area contributed by atoms with E-state index in [0.717, 1.165) is 11.3 Å². The zero-order valence-electron chi connectivity index (χ0n) is 9.04. The van der Waals surface area contributed by atoms with Gasteiger partial charge in [-0.15, -0.1) is 6.58 Å². The number of hydrogen-bond acceptors (Lipinski definition) is 5. The molecule has 17 heavy (non-hydrogen) atoms. The molecule has 7 heteroatoms. The van der Waals surface area contributed by atoms with E-state index in [2.05, 4.69) is 6.58 Å². The number of aliphatic hydroxyl groups excluding tert-OH is 1. The summed E-state index contributed by atoms with van der Waals surface area (Å²) in [6.07, 6.45) is 1.54. The smallest absolute Gasteiger partial charge is 0.324 e. The average molecular weight is 256 g/mol. The Morgan fingerprint density at radius 3 is 2.82 bits per heavy atom. The van der Waals surface area contributed by atoms with Gasteiger partial charge in [-0.3, -0.25) is 14.9 Å². The Morgan fingerprint density at radius 1 is 1.65 bits per heavy atom. The number of thiophene rings is 1. The zero-order chi connectivity index (χ0) is 12.8. The normalized spacial score (nSPS) is 9.94. The molecule has 0 aliphatic rings. The topological polar surface area (TPSA) is 83.7 Å². The summed E-state index contributed by atoms with van der Waals surface area (Å²) in [6, 6.07) is 2.71. The van der Waals surface area contributed by atoms with E-state index in [1.165, 1.54) is 23.1 Å². The molecule has 0 unspecified atom stereocenters. The van der Waals surface area contributed by atoms with Crippen LogP contribution in [0.2, 0.25) is 0 Å². The number of hydrogen-bond donors (Lipinski definition) is 1. The summed E-state index contributed by atoms with van der Waals surface area (Å²) < 4.78 is 0. The fourth-order valence-electron chi connectivity index (χ4n) is 1.25. The van der Waals surface area contributed by atoms with Gasteiger partial charge in [0.25, 0.3) is 5.91 Å². The van der Waals surface area contributed by atoms with Gasteiger partial charge in [-0.25, -0.2) is 0 Å². The number of amides is 1. The van der Waals surface area contributed by atoms with Crippen LogP contribution in [0.5, 0.6) is 0 Å². The van der Waals surface area contributed by atoms with Crippen molar-refractivity contribution in [3.8, 4) is 0 Å². The monoisotopic (exact) mass is 256 g/mol. The molecule has 0 aromatic carbocycles. The highest BCUT2D eigenvalue weighted by atomic mass is 32.1. The van der Waals surface area contributed by atoms with E-state index in [9.17, 15) is 14.9 Å².